The monoisotopic (exact) mass is 491 g/mol. The lowest BCUT2D eigenvalue weighted by Crippen LogP contribution is -2.73. The molecule has 9 nitrogen and oxygen atoms in total. The molecule has 2 N–H and O–H groups in total. The van der Waals surface area contributed by atoms with Gasteiger partial charge in [-0.3, -0.25) is 14.5 Å². The zero-order chi connectivity index (χ0) is 24.7. The molecule has 0 radical (unpaired) electrons. The molecule has 1 aromatic heterocycles. The predicted octanol–water partition coefficient (Wildman–Crippen LogP) is 2.06. The zero-order valence-corrected chi connectivity index (χ0v) is 20.4. The van der Waals surface area contributed by atoms with E-state index in [0.717, 1.165) is 51.0 Å². The van der Waals surface area contributed by atoms with E-state index < -0.39 is 5.41 Å². The SMILES string of the molecule is CN1CCN(c2ccc(Nc3ncc4c(n3)N(C35CC(C3)C5)C(=O)[C@@]3(CCNC3=O)C4)cc2F)CC1. The molecule has 6 aliphatic rings. The Balaban J connectivity index is 1.18. The molecule has 36 heavy (non-hydrogen) atoms. The summed E-state index contributed by atoms with van der Waals surface area (Å²) in [5, 5.41) is 5.99. The average Bonchev–Trinajstić information content (AvgIpc) is 3.16. The topological polar surface area (TPSA) is 93.7 Å². The summed E-state index contributed by atoms with van der Waals surface area (Å²) in [6.07, 6.45) is 5.42. The number of rotatable bonds is 4. The molecule has 3 aliphatic carbocycles. The number of benzene rings is 1. The standard InChI is InChI=1S/C26H30FN7O2/c1-32-6-8-33(9-7-32)20-3-2-18(10-19(20)27)30-24-29-15-17-14-26(4-5-28-22(26)35)23(36)34(21(17)31-24)25-11-16(12-25)13-25/h2-3,10,15-16H,4-9,11-14H2,1H3,(H,28,35)(H,29,30,31)/t16?,25?,26-/m0/s1. The highest BCUT2D eigenvalue weighted by Crippen LogP contribution is 2.63. The molecule has 0 unspecified atom stereocenters. The maximum absolute atomic E-state index is 15.0. The van der Waals surface area contributed by atoms with Crippen molar-refractivity contribution in [3.8, 4) is 0 Å². The second-order valence-corrected chi connectivity index (χ2v) is 11.2. The van der Waals surface area contributed by atoms with Crippen molar-refractivity contribution < 1.29 is 14.0 Å². The van der Waals surface area contributed by atoms with Gasteiger partial charge >= 0.3 is 0 Å². The summed E-state index contributed by atoms with van der Waals surface area (Å²) in [7, 11) is 2.07. The molecule has 2 saturated heterocycles. The van der Waals surface area contributed by atoms with Gasteiger partial charge in [0.2, 0.25) is 17.8 Å². The van der Waals surface area contributed by atoms with Crippen molar-refractivity contribution in [1.82, 2.24) is 20.2 Å². The first-order chi connectivity index (χ1) is 17.4. The number of hydrogen-bond donors (Lipinski definition) is 2. The van der Waals surface area contributed by atoms with Gasteiger partial charge in [0, 0.05) is 56.6 Å². The minimum Gasteiger partial charge on any atom is -0.367 e. The second kappa shape index (κ2) is 7.61. The molecule has 3 aliphatic heterocycles. The van der Waals surface area contributed by atoms with E-state index in [1.807, 2.05) is 11.0 Å². The van der Waals surface area contributed by atoms with Gasteiger partial charge in [0.1, 0.15) is 17.1 Å². The third-order valence-electron chi connectivity index (χ3n) is 8.96. The number of halogens is 1. The van der Waals surface area contributed by atoms with E-state index >= 15 is 4.39 Å². The van der Waals surface area contributed by atoms with Crippen LogP contribution in [0.15, 0.2) is 24.4 Å². The minimum absolute atomic E-state index is 0.129. The molecule has 1 aromatic carbocycles. The van der Waals surface area contributed by atoms with Crippen molar-refractivity contribution in [1.29, 1.82) is 0 Å². The largest absolute Gasteiger partial charge is 0.367 e. The van der Waals surface area contributed by atoms with E-state index in [1.165, 1.54) is 6.07 Å². The molecule has 5 fully saturated rings. The van der Waals surface area contributed by atoms with Crippen LogP contribution in [-0.4, -0.2) is 72.0 Å². The lowest BCUT2D eigenvalue weighted by atomic mass is 9.48. The number of carbonyl (C=O) groups is 2. The fourth-order valence-corrected chi connectivity index (χ4v) is 6.70. The molecule has 10 heteroatoms. The van der Waals surface area contributed by atoms with Crippen LogP contribution in [0.4, 0.5) is 27.5 Å². The quantitative estimate of drug-likeness (QED) is 0.633. The molecule has 188 valence electrons. The molecule has 1 spiro atoms. The number of carbonyl (C=O) groups excluding carboxylic acids is 2. The molecule has 2 amide bonds. The summed E-state index contributed by atoms with van der Waals surface area (Å²) < 4.78 is 15.0. The van der Waals surface area contributed by atoms with Gasteiger partial charge in [-0.05, 0) is 56.8 Å². The van der Waals surface area contributed by atoms with Crippen molar-refractivity contribution in [3.63, 3.8) is 0 Å². The Bertz CT molecular complexity index is 1260. The van der Waals surface area contributed by atoms with Crippen LogP contribution in [0.5, 0.6) is 0 Å². The van der Waals surface area contributed by atoms with E-state index in [-0.39, 0.29) is 23.2 Å². The predicted molar refractivity (Wildman–Crippen MR) is 133 cm³/mol. The Kier molecular flexibility index (Phi) is 4.65. The summed E-state index contributed by atoms with van der Waals surface area (Å²) in [5.41, 5.74) is 0.688. The molecule has 2 bridgehead atoms. The summed E-state index contributed by atoms with van der Waals surface area (Å²) in [4.78, 5) is 42.0. The average molecular weight is 492 g/mol. The van der Waals surface area contributed by atoms with Crippen LogP contribution in [0.1, 0.15) is 31.2 Å². The Morgan fingerprint density at radius 1 is 1.14 bits per heavy atom. The molecular formula is C26H30FN7O2. The maximum Gasteiger partial charge on any atom is 0.244 e. The number of fused-ring (bicyclic) bond motifs is 1. The number of aromatic nitrogens is 2. The number of anilines is 4. The van der Waals surface area contributed by atoms with Gasteiger partial charge in [-0.1, -0.05) is 0 Å². The highest BCUT2D eigenvalue weighted by molar-refractivity contribution is 6.15. The normalized spacial score (nSPS) is 31.1. The lowest BCUT2D eigenvalue weighted by Gasteiger charge is -2.67. The second-order valence-electron chi connectivity index (χ2n) is 11.2. The van der Waals surface area contributed by atoms with Crippen LogP contribution in [-0.2, 0) is 16.0 Å². The van der Waals surface area contributed by atoms with Crippen LogP contribution < -0.4 is 20.4 Å². The van der Waals surface area contributed by atoms with Crippen molar-refractivity contribution in [2.75, 3.05) is 54.9 Å². The van der Waals surface area contributed by atoms with Crippen LogP contribution in [0.2, 0.25) is 0 Å². The number of nitrogens with zero attached hydrogens (tertiary/aromatic N) is 5. The van der Waals surface area contributed by atoms with Crippen LogP contribution >= 0.6 is 0 Å². The van der Waals surface area contributed by atoms with Gasteiger partial charge in [-0.15, -0.1) is 0 Å². The summed E-state index contributed by atoms with van der Waals surface area (Å²) in [6, 6.07) is 5.10. The third-order valence-corrected chi connectivity index (χ3v) is 8.96. The number of piperazine rings is 1. The lowest BCUT2D eigenvalue weighted by molar-refractivity contribution is -0.144. The van der Waals surface area contributed by atoms with Crippen LogP contribution in [0.3, 0.4) is 0 Å². The molecule has 1 atom stereocenters. The van der Waals surface area contributed by atoms with Crippen LogP contribution in [0, 0.1) is 17.2 Å². The molecule has 8 rings (SSSR count). The first-order valence-corrected chi connectivity index (χ1v) is 12.9. The Morgan fingerprint density at radius 3 is 2.56 bits per heavy atom. The molecule has 3 saturated carbocycles. The highest BCUT2D eigenvalue weighted by atomic mass is 19.1. The molecular weight excluding hydrogens is 461 g/mol. The van der Waals surface area contributed by atoms with Gasteiger partial charge in [0.25, 0.3) is 0 Å². The van der Waals surface area contributed by atoms with Gasteiger partial charge < -0.3 is 20.4 Å². The van der Waals surface area contributed by atoms with Gasteiger partial charge in [-0.2, -0.15) is 4.98 Å². The first kappa shape index (κ1) is 22.0. The van der Waals surface area contributed by atoms with Crippen molar-refractivity contribution in [2.24, 2.45) is 11.3 Å². The first-order valence-electron chi connectivity index (χ1n) is 12.9. The van der Waals surface area contributed by atoms with E-state index in [2.05, 4.69) is 32.5 Å². The van der Waals surface area contributed by atoms with Gasteiger partial charge in [-0.25, -0.2) is 9.37 Å². The van der Waals surface area contributed by atoms with E-state index in [0.29, 0.717) is 48.4 Å². The van der Waals surface area contributed by atoms with E-state index in [9.17, 15) is 9.59 Å². The summed E-state index contributed by atoms with van der Waals surface area (Å²) in [6.45, 7) is 3.91. The fourth-order valence-electron chi connectivity index (χ4n) is 6.70. The Labute approximate surface area is 209 Å². The maximum atomic E-state index is 15.0. The Morgan fingerprint density at radius 2 is 1.92 bits per heavy atom. The summed E-state index contributed by atoms with van der Waals surface area (Å²) in [5.74, 6) is 0.968. The smallest absolute Gasteiger partial charge is 0.244 e. The number of likely N-dealkylation sites (N-methyl/N-ethyl adjacent to an activating group) is 1. The molecule has 2 aromatic rings. The van der Waals surface area contributed by atoms with Gasteiger partial charge in [0.15, 0.2) is 0 Å². The zero-order valence-electron chi connectivity index (χ0n) is 20.4. The van der Waals surface area contributed by atoms with E-state index in [4.69, 9.17) is 4.98 Å². The van der Waals surface area contributed by atoms with E-state index in [1.54, 1.807) is 12.3 Å². The minimum atomic E-state index is -1.05. The number of amides is 2. The summed E-state index contributed by atoms with van der Waals surface area (Å²) >= 11 is 0. The van der Waals surface area contributed by atoms with Crippen molar-refractivity contribution in [3.05, 3.63) is 35.8 Å². The molecule has 4 heterocycles. The highest BCUT2D eigenvalue weighted by Gasteiger charge is 2.67. The number of nitrogens with one attached hydrogen (secondary N) is 2. The van der Waals surface area contributed by atoms with Crippen LogP contribution in [0.25, 0.3) is 0 Å². The Hall–Kier alpha value is -3.27. The van der Waals surface area contributed by atoms with Crippen molar-refractivity contribution in [2.45, 2.75) is 37.6 Å². The van der Waals surface area contributed by atoms with Gasteiger partial charge in [0.05, 0.1) is 11.2 Å². The number of hydrogen-bond acceptors (Lipinski definition) is 7. The third kappa shape index (κ3) is 3.09. The van der Waals surface area contributed by atoms with Crippen molar-refractivity contribution >= 4 is 35.0 Å². The fraction of sp³-hybridized carbons (Fsp3) is 0.538.